The van der Waals surface area contributed by atoms with E-state index in [4.69, 9.17) is 14.5 Å². The van der Waals surface area contributed by atoms with Gasteiger partial charge in [-0.2, -0.15) is 0 Å². The molecule has 0 saturated carbocycles. The van der Waals surface area contributed by atoms with Crippen molar-refractivity contribution in [1.29, 1.82) is 0 Å². The van der Waals surface area contributed by atoms with Crippen LogP contribution in [-0.4, -0.2) is 18.9 Å². The summed E-state index contributed by atoms with van der Waals surface area (Å²) < 4.78 is 15.2. The molecule has 10 rings (SSSR count). The van der Waals surface area contributed by atoms with Gasteiger partial charge in [0.05, 0.1) is 16.1 Å². The van der Waals surface area contributed by atoms with Crippen molar-refractivity contribution >= 4 is 50.0 Å². The number of thiophene rings is 1. The molecule has 232 valence electrons. The topological polar surface area (TPSA) is 42.8 Å². The maximum absolute atomic E-state index is 7.05. The Labute approximate surface area is 279 Å². The summed E-state index contributed by atoms with van der Waals surface area (Å²) in [6, 6.07) is 13.6. The van der Waals surface area contributed by atoms with Crippen LogP contribution >= 0.6 is 11.3 Å². The van der Waals surface area contributed by atoms with Crippen LogP contribution in [0.4, 0.5) is 5.00 Å². The van der Waals surface area contributed by atoms with Gasteiger partial charge < -0.3 is 14.8 Å². The Morgan fingerprint density at radius 1 is 0.979 bits per heavy atom. The van der Waals surface area contributed by atoms with E-state index in [-0.39, 0.29) is 12.0 Å². The molecule has 4 aliphatic heterocycles. The molecule has 4 unspecified atom stereocenters. The van der Waals surface area contributed by atoms with Gasteiger partial charge in [0.2, 0.25) is 0 Å². The highest BCUT2D eigenvalue weighted by atomic mass is 32.1. The van der Waals surface area contributed by atoms with E-state index < -0.39 is 5.41 Å². The van der Waals surface area contributed by atoms with Gasteiger partial charge >= 0.3 is 0 Å². The van der Waals surface area contributed by atoms with Crippen molar-refractivity contribution in [3.8, 4) is 5.75 Å². The maximum Gasteiger partial charge on any atom is 0.132 e. The van der Waals surface area contributed by atoms with Crippen LogP contribution in [-0.2, 0) is 10.2 Å². The second-order valence-corrected chi connectivity index (χ2v) is 14.7. The van der Waals surface area contributed by atoms with Gasteiger partial charge in [0, 0.05) is 51.0 Å². The van der Waals surface area contributed by atoms with Crippen LogP contribution in [0.15, 0.2) is 119 Å². The minimum absolute atomic E-state index is 0.0778. The minimum Gasteiger partial charge on any atom is -0.486 e. The number of rotatable bonds is 2. The molecule has 5 heterocycles. The number of benzene rings is 2. The first-order valence-corrected chi connectivity index (χ1v) is 17.9. The lowest BCUT2D eigenvalue weighted by atomic mass is 9.53. The largest absolute Gasteiger partial charge is 0.486 e. The highest BCUT2D eigenvalue weighted by molar-refractivity contribution is 7.23. The zero-order valence-corrected chi connectivity index (χ0v) is 27.3. The first-order chi connectivity index (χ1) is 23.2. The monoisotopic (exact) mass is 632 g/mol. The van der Waals surface area contributed by atoms with E-state index >= 15 is 0 Å². The fourth-order valence-corrected chi connectivity index (χ4v) is 9.99. The number of aliphatic imine (C=N–C) groups is 1. The maximum atomic E-state index is 7.05. The summed E-state index contributed by atoms with van der Waals surface area (Å²) in [6.07, 6.45) is 30.2. The van der Waals surface area contributed by atoms with Crippen LogP contribution in [0.3, 0.4) is 0 Å². The third-order valence-electron chi connectivity index (χ3n) is 10.9. The van der Waals surface area contributed by atoms with E-state index in [9.17, 15) is 0 Å². The van der Waals surface area contributed by atoms with Crippen LogP contribution < -0.4 is 10.1 Å². The average molecular weight is 633 g/mol. The molecule has 4 nitrogen and oxygen atoms in total. The predicted molar refractivity (Wildman–Crippen MR) is 195 cm³/mol. The van der Waals surface area contributed by atoms with Crippen molar-refractivity contribution in [2.24, 2.45) is 16.8 Å². The SMILES string of the molecule is CC1C=CC2=C(C1)C1(C3=CCCC=C3OC3C=C(c4cccc5sc6c(c45)C=CCN6)C=CC31)c1ccc(C3=CCCC=N3)cc1O2. The molecule has 1 N–H and O–H groups in total. The Morgan fingerprint density at radius 3 is 2.85 bits per heavy atom. The third-order valence-corrected chi connectivity index (χ3v) is 12.0. The number of anilines is 1. The molecule has 5 heteroatoms. The van der Waals surface area contributed by atoms with Gasteiger partial charge in [-0.3, -0.25) is 4.99 Å². The van der Waals surface area contributed by atoms with Crippen molar-refractivity contribution in [3.05, 3.63) is 136 Å². The lowest BCUT2D eigenvalue weighted by Crippen LogP contribution is -2.52. The molecule has 1 spiro atoms. The standard InChI is InChI=1S/C42H36N2O2S/c1-25-14-19-36-33(22-25)42(32-18-16-27(24-38(32)46-36)34-11-4-5-20-43-34)30-10-2-3-12-35(30)45-37-23-26(15-17-31(37)42)28-8-6-13-39-40(28)29-9-7-21-44-41(29)47-39/h6-20,23-25,31,37,44H,2-5,21-22H2,1H3. The van der Waals surface area contributed by atoms with Gasteiger partial charge in [0.1, 0.15) is 23.4 Å². The summed E-state index contributed by atoms with van der Waals surface area (Å²) >= 11 is 1.85. The number of allylic oxidation sites excluding steroid dienone is 9. The molecule has 2 aromatic carbocycles. The number of ether oxygens (including phenoxy) is 2. The van der Waals surface area contributed by atoms with Crippen LogP contribution in [0.5, 0.6) is 5.75 Å². The molecule has 3 aromatic rings. The molecule has 1 fully saturated rings. The second kappa shape index (κ2) is 10.4. The van der Waals surface area contributed by atoms with E-state index in [1.807, 2.05) is 17.6 Å². The summed E-state index contributed by atoms with van der Waals surface area (Å²) in [5.41, 5.74) is 9.48. The first-order valence-electron chi connectivity index (χ1n) is 17.1. The molecule has 1 saturated heterocycles. The number of fused-ring (bicyclic) bond motifs is 10. The van der Waals surface area contributed by atoms with Crippen molar-refractivity contribution in [3.63, 3.8) is 0 Å². The highest BCUT2D eigenvalue weighted by Gasteiger charge is 2.58. The first kappa shape index (κ1) is 27.5. The van der Waals surface area contributed by atoms with Crippen molar-refractivity contribution in [1.82, 2.24) is 0 Å². The normalized spacial score (nSPS) is 28.1. The van der Waals surface area contributed by atoms with Crippen LogP contribution in [0.1, 0.15) is 61.3 Å². The molecule has 0 bridgehead atoms. The Balaban J connectivity index is 1.17. The van der Waals surface area contributed by atoms with E-state index in [0.29, 0.717) is 5.92 Å². The molecular formula is C42H36N2O2S. The van der Waals surface area contributed by atoms with Gasteiger partial charge in [-0.25, -0.2) is 0 Å². The number of nitrogens with one attached hydrogen (secondary N) is 1. The van der Waals surface area contributed by atoms with Crippen LogP contribution in [0, 0.1) is 11.8 Å². The summed E-state index contributed by atoms with van der Waals surface area (Å²) in [4.78, 5) is 4.74. The summed E-state index contributed by atoms with van der Waals surface area (Å²) in [7, 11) is 0. The average Bonchev–Trinajstić information content (AvgIpc) is 3.51. The van der Waals surface area contributed by atoms with Gasteiger partial charge in [-0.1, -0.05) is 73.7 Å². The van der Waals surface area contributed by atoms with Crippen molar-refractivity contribution in [2.75, 3.05) is 11.9 Å². The van der Waals surface area contributed by atoms with Gasteiger partial charge in [0.25, 0.3) is 0 Å². The minimum atomic E-state index is -0.390. The molecule has 7 aliphatic rings. The van der Waals surface area contributed by atoms with Gasteiger partial charge in [-0.05, 0) is 85.1 Å². The fraction of sp³-hybridized carbons (Fsp3) is 0.262. The van der Waals surface area contributed by atoms with Crippen molar-refractivity contribution < 1.29 is 9.47 Å². The number of hydrogen-bond acceptors (Lipinski definition) is 5. The van der Waals surface area contributed by atoms with Crippen LogP contribution in [0.25, 0.3) is 27.4 Å². The lowest BCUT2D eigenvalue weighted by molar-refractivity contribution is 0.0609. The molecule has 47 heavy (non-hydrogen) atoms. The third kappa shape index (κ3) is 4.02. The quantitative estimate of drug-likeness (QED) is 0.306. The van der Waals surface area contributed by atoms with E-state index in [2.05, 4.69) is 109 Å². The number of nitrogens with zero attached hydrogens (tertiary/aromatic N) is 1. The highest BCUT2D eigenvalue weighted by Crippen LogP contribution is 2.62. The Bertz CT molecular complexity index is 2160. The summed E-state index contributed by atoms with van der Waals surface area (Å²) in [5, 5.41) is 6.17. The Kier molecular flexibility index (Phi) is 6.11. The zero-order chi connectivity index (χ0) is 31.1. The van der Waals surface area contributed by atoms with E-state index in [1.165, 1.54) is 48.5 Å². The van der Waals surface area contributed by atoms with Gasteiger partial charge in [-0.15, -0.1) is 11.3 Å². The molecular weight excluding hydrogens is 597 g/mol. The second-order valence-electron chi connectivity index (χ2n) is 13.6. The number of hydrogen-bond donors (Lipinski definition) is 1. The Hall–Kier alpha value is -4.61. The molecule has 0 radical (unpaired) electrons. The summed E-state index contributed by atoms with van der Waals surface area (Å²) in [6.45, 7) is 3.20. The van der Waals surface area contributed by atoms with E-state index in [1.54, 1.807) is 0 Å². The zero-order valence-electron chi connectivity index (χ0n) is 26.5. The lowest BCUT2D eigenvalue weighted by Gasteiger charge is -2.54. The molecule has 1 aromatic heterocycles. The summed E-state index contributed by atoms with van der Waals surface area (Å²) in [5.74, 6) is 3.47. The molecule has 4 atom stereocenters. The van der Waals surface area contributed by atoms with Crippen LogP contribution in [0.2, 0.25) is 0 Å². The predicted octanol–water partition coefficient (Wildman–Crippen LogP) is 10.3. The van der Waals surface area contributed by atoms with Crippen molar-refractivity contribution in [2.45, 2.75) is 50.5 Å². The van der Waals surface area contributed by atoms with Gasteiger partial charge in [0.15, 0.2) is 0 Å². The molecule has 0 amide bonds. The smallest absolute Gasteiger partial charge is 0.132 e. The van der Waals surface area contributed by atoms with E-state index in [0.717, 1.165) is 67.2 Å². The molecule has 3 aliphatic carbocycles. The Morgan fingerprint density at radius 2 is 1.91 bits per heavy atom. The fourth-order valence-electron chi connectivity index (χ4n) is 8.87.